The van der Waals surface area contributed by atoms with Crippen LogP contribution in [-0.2, 0) is 43.2 Å². The summed E-state index contributed by atoms with van der Waals surface area (Å²) < 4.78 is 0. The number of hydroxylamine groups is 1. The minimum Gasteiger partial charge on any atom is -0.480 e. The molecule has 0 radical (unpaired) electrons. The highest BCUT2D eigenvalue weighted by molar-refractivity contribution is 6.02. The summed E-state index contributed by atoms with van der Waals surface area (Å²) in [4.78, 5) is 102. The highest BCUT2D eigenvalue weighted by atomic mass is 16.6. The van der Waals surface area contributed by atoms with Crippen LogP contribution in [0.25, 0.3) is 0 Å². The highest BCUT2D eigenvalue weighted by Crippen LogP contribution is 2.44. The Kier molecular flexibility index (Phi) is 25.6. The minimum atomic E-state index is -1.30. The second kappa shape index (κ2) is 28.9. The van der Waals surface area contributed by atoms with Crippen molar-refractivity contribution in [3.8, 4) is 0 Å². The van der Waals surface area contributed by atoms with Crippen molar-refractivity contribution >= 4 is 47.3 Å². The fourth-order valence-corrected chi connectivity index (χ4v) is 5.81. The van der Waals surface area contributed by atoms with Gasteiger partial charge in [0.05, 0.1) is 25.7 Å². The van der Waals surface area contributed by atoms with Gasteiger partial charge >= 0.3 is 5.97 Å². The molecule has 1 fully saturated rings. The fraction of sp³-hybridized carbons (Fsp3) is 0.778. The van der Waals surface area contributed by atoms with Crippen molar-refractivity contribution in [2.75, 3.05) is 52.5 Å². The van der Waals surface area contributed by atoms with Crippen molar-refractivity contribution in [2.45, 2.75) is 121 Å². The summed E-state index contributed by atoms with van der Waals surface area (Å²) in [5.41, 5.74) is 1.34. The topological polar surface area (TPSA) is 303 Å². The standard InChI is InChI=1S/C36H64N8O12/c1-3-56-44-27(15-16-30(49)38-20-22-45)33(52)39-18-9-5-7-14-31(50)42-28(34(53)54)12-8-11-17-37-29(48)13-6-4-10-19-41-35(55)36(43-25(2)47)24-26(36)32(51)40-21-23-46/h26-28,44-46H,3-24H2,1-2H3,(H,37,48)(H,38,49)(H,39,52)(H,40,51)(H,41,55)(H,42,50)(H,43,47)(H,53,54). The average Bonchev–Trinajstić information content (AvgIpc) is 3.89. The van der Waals surface area contributed by atoms with Crippen LogP contribution in [0.5, 0.6) is 0 Å². The van der Waals surface area contributed by atoms with Crippen molar-refractivity contribution in [1.82, 2.24) is 42.7 Å². The molecule has 11 N–H and O–H groups in total. The molecule has 4 atom stereocenters. The van der Waals surface area contributed by atoms with Crippen LogP contribution in [0.2, 0.25) is 0 Å². The molecule has 0 spiro atoms. The summed E-state index contributed by atoms with van der Waals surface area (Å²) in [6.45, 7) is 4.12. The molecule has 1 aliphatic carbocycles. The Labute approximate surface area is 328 Å². The number of carbonyl (C=O) groups excluding carboxylic acids is 7. The predicted octanol–water partition coefficient (Wildman–Crippen LogP) is -2.00. The maximum atomic E-state index is 12.8. The van der Waals surface area contributed by atoms with Crippen LogP contribution in [0.4, 0.5) is 0 Å². The van der Waals surface area contributed by atoms with Gasteiger partial charge in [-0.05, 0) is 64.7 Å². The molecule has 1 rings (SSSR count). The second-order valence-corrected chi connectivity index (χ2v) is 13.6. The van der Waals surface area contributed by atoms with E-state index in [1.165, 1.54) is 6.92 Å². The maximum absolute atomic E-state index is 12.8. The monoisotopic (exact) mass is 800 g/mol. The molecule has 0 aromatic carbocycles. The summed E-state index contributed by atoms with van der Waals surface area (Å²) in [5, 5.41) is 45.8. The van der Waals surface area contributed by atoms with E-state index in [1.54, 1.807) is 6.92 Å². The number of aliphatic carboxylic acids is 1. The number of nitrogens with one attached hydrogen (secondary N) is 8. The Balaban J connectivity index is 2.20. The summed E-state index contributed by atoms with van der Waals surface area (Å²) in [6.07, 6.45) is 5.53. The Hall–Kier alpha value is -4.40. The van der Waals surface area contributed by atoms with Crippen LogP contribution >= 0.6 is 0 Å². The molecule has 320 valence electrons. The van der Waals surface area contributed by atoms with Gasteiger partial charge in [0.15, 0.2) is 0 Å². The van der Waals surface area contributed by atoms with E-state index in [-0.39, 0.29) is 88.5 Å². The number of aliphatic hydroxyl groups is 2. The van der Waals surface area contributed by atoms with Crippen molar-refractivity contribution in [2.24, 2.45) is 5.92 Å². The van der Waals surface area contributed by atoms with Crippen molar-refractivity contribution < 1.29 is 58.5 Å². The average molecular weight is 801 g/mol. The van der Waals surface area contributed by atoms with E-state index in [9.17, 15) is 43.5 Å². The zero-order valence-corrected chi connectivity index (χ0v) is 32.8. The van der Waals surface area contributed by atoms with Crippen LogP contribution in [0, 0.1) is 5.92 Å². The first-order chi connectivity index (χ1) is 26.8. The number of hydrogen-bond donors (Lipinski definition) is 11. The van der Waals surface area contributed by atoms with Crippen LogP contribution in [0.3, 0.4) is 0 Å². The van der Waals surface area contributed by atoms with Gasteiger partial charge in [-0.2, -0.15) is 5.48 Å². The smallest absolute Gasteiger partial charge is 0.326 e. The first kappa shape index (κ1) is 49.6. The van der Waals surface area contributed by atoms with E-state index in [0.717, 1.165) is 0 Å². The number of amides is 7. The van der Waals surface area contributed by atoms with E-state index in [1.807, 2.05) is 0 Å². The number of carbonyl (C=O) groups is 8. The summed E-state index contributed by atoms with van der Waals surface area (Å²) in [6, 6.07) is -1.80. The quantitative estimate of drug-likeness (QED) is 0.0253. The molecular formula is C36H64N8O12. The lowest BCUT2D eigenvalue weighted by atomic mass is 10.1. The van der Waals surface area contributed by atoms with Crippen LogP contribution in [-0.4, -0.2) is 133 Å². The first-order valence-electron chi connectivity index (χ1n) is 19.6. The van der Waals surface area contributed by atoms with E-state index < -0.39 is 47.2 Å². The largest absolute Gasteiger partial charge is 0.480 e. The molecule has 0 saturated heterocycles. The lowest BCUT2D eigenvalue weighted by Crippen LogP contribution is -2.51. The van der Waals surface area contributed by atoms with Gasteiger partial charge in [0.25, 0.3) is 0 Å². The van der Waals surface area contributed by atoms with Gasteiger partial charge in [-0.3, -0.25) is 33.6 Å². The molecule has 4 unspecified atom stereocenters. The zero-order chi connectivity index (χ0) is 41.8. The summed E-state index contributed by atoms with van der Waals surface area (Å²) in [7, 11) is 0. The van der Waals surface area contributed by atoms with Gasteiger partial charge in [0.1, 0.15) is 17.6 Å². The molecular weight excluding hydrogens is 736 g/mol. The van der Waals surface area contributed by atoms with Gasteiger partial charge in [-0.15, -0.1) is 0 Å². The third-order valence-electron chi connectivity index (χ3n) is 8.89. The lowest BCUT2D eigenvalue weighted by molar-refractivity contribution is -0.142. The summed E-state index contributed by atoms with van der Waals surface area (Å²) in [5.74, 6) is -4.32. The van der Waals surface area contributed by atoms with Crippen LogP contribution in [0.15, 0.2) is 0 Å². The molecule has 0 aromatic heterocycles. The fourth-order valence-electron chi connectivity index (χ4n) is 5.81. The number of rotatable bonds is 33. The Morgan fingerprint density at radius 3 is 1.86 bits per heavy atom. The SMILES string of the molecule is CCONC(CCC(=O)NCCO)C(=O)NCCCCCC(=O)NC(CCCCNC(=O)CCCCCNC(=O)C1(NC(C)=O)CC1C(=O)NCCO)C(=O)O. The molecule has 20 heteroatoms. The number of unbranched alkanes of at least 4 members (excludes halogenated alkanes) is 5. The Morgan fingerprint density at radius 2 is 1.23 bits per heavy atom. The number of carboxylic acid groups (broad SMARTS) is 1. The van der Waals surface area contributed by atoms with E-state index in [4.69, 9.17) is 15.1 Å². The predicted molar refractivity (Wildman–Crippen MR) is 202 cm³/mol. The minimum absolute atomic E-state index is 0.0537. The molecule has 0 aliphatic heterocycles. The van der Waals surface area contributed by atoms with E-state index >= 15 is 0 Å². The van der Waals surface area contributed by atoms with Crippen LogP contribution in [0.1, 0.15) is 104 Å². The van der Waals surface area contributed by atoms with E-state index in [0.29, 0.717) is 77.6 Å². The molecule has 20 nitrogen and oxygen atoms in total. The molecule has 1 aliphatic rings. The highest BCUT2D eigenvalue weighted by Gasteiger charge is 2.64. The molecule has 1 saturated carbocycles. The van der Waals surface area contributed by atoms with Crippen molar-refractivity contribution in [3.63, 3.8) is 0 Å². The van der Waals surface area contributed by atoms with Gasteiger partial charge in [0, 0.05) is 58.9 Å². The third-order valence-corrected chi connectivity index (χ3v) is 8.89. The number of carboxylic acids is 1. The second-order valence-electron chi connectivity index (χ2n) is 13.6. The Bertz CT molecular complexity index is 1270. The Morgan fingerprint density at radius 1 is 0.661 bits per heavy atom. The molecule has 0 aromatic rings. The maximum Gasteiger partial charge on any atom is 0.326 e. The van der Waals surface area contributed by atoms with E-state index in [2.05, 4.69) is 42.7 Å². The normalized spacial score (nSPS) is 16.8. The lowest BCUT2D eigenvalue weighted by Gasteiger charge is -2.18. The van der Waals surface area contributed by atoms with Crippen molar-refractivity contribution in [1.29, 1.82) is 0 Å². The molecule has 0 bridgehead atoms. The molecule has 7 amide bonds. The van der Waals surface area contributed by atoms with Gasteiger partial charge in [-0.1, -0.05) is 12.8 Å². The van der Waals surface area contributed by atoms with Gasteiger partial charge < -0.3 is 57.4 Å². The first-order valence-corrected chi connectivity index (χ1v) is 19.6. The molecule has 0 heterocycles. The van der Waals surface area contributed by atoms with Gasteiger partial charge in [-0.25, -0.2) is 4.79 Å². The number of aliphatic hydroxyl groups excluding tert-OH is 2. The molecule has 56 heavy (non-hydrogen) atoms. The zero-order valence-electron chi connectivity index (χ0n) is 32.8. The van der Waals surface area contributed by atoms with Crippen molar-refractivity contribution in [3.05, 3.63) is 0 Å². The summed E-state index contributed by atoms with van der Waals surface area (Å²) >= 11 is 0. The van der Waals surface area contributed by atoms with Gasteiger partial charge in [0.2, 0.25) is 41.4 Å². The van der Waals surface area contributed by atoms with Crippen LogP contribution < -0.4 is 42.7 Å². The third kappa shape index (κ3) is 21.1. The number of hydrogen-bond acceptors (Lipinski definition) is 12.